The maximum Gasteiger partial charge on any atom is 0.261 e. The molecule has 26 heavy (non-hydrogen) atoms. The quantitative estimate of drug-likeness (QED) is 0.655. The summed E-state index contributed by atoms with van der Waals surface area (Å²) in [7, 11) is 1.63. The molecule has 4 nitrogen and oxygen atoms in total. The monoisotopic (exact) mass is 367 g/mol. The molecule has 134 valence electrons. The lowest BCUT2D eigenvalue weighted by Crippen LogP contribution is -2.21. The summed E-state index contributed by atoms with van der Waals surface area (Å²) < 4.78 is 10.6. The summed E-state index contributed by atoms with van der Waals surface area (Å²) in [6.07, 6.45) is 0. The number of benzene rings is 2. The van der Waals surface area contributed by atoms with Gasteiger partial charge in [0.2, 0.25) is 0 Å². The second-order valence-corrected chi connectivity index (χ2v) is 6.74. The van der Waals surface area contributed by atoms with E-state index in [-0.39, 0.29) is 5.91 Å². The molecular formula is C21H21NO3S. The number of hydrogen-bond acceptors (Lipinski definition) is 4. The van der Waals surface area contributed by atoms with E-state index < -0.39 is 0 Å². The van der Waals surface area contributed by atoms with Gasteiger partial charge in [-0.25, -0.2) is 0 Å². The lowest BCUT2D eigenvalue weighted by molar-refractivity contribution is 0.0955. The Balaban J connectivity index is 1.61. The van der Waals surface area contributed by atoms with E-state index in [9.17, 15) is 4.79 Å². The van der Waals surface area contributed by atoms with Crippen LogP contribution in [-0.2, 0) is 6.54 Å². The molecule has 1 heterocycles. The van der Waals surface area contributed by atoms with Gasteiger partial charge in [0.25, 0.3) is 5.91 Å². The fourth-order valence-electron chi connectivity index (χ4n) is 2.51. The minimum Gasteiger partial charge on any atom is -0.497 e. The van der Waals surface area contributed by atoms with Crippen molar-refractivity contribution in [2.45, 2.75) is 13.5 Å². The zero-order valence-corrected chi connectivity index (χ0v) is 15.6. The molecule has 5 heteroatoms. The smallest absolute Gasteiger partial charge is 0.261 e. The molecule has 0 fully saturated rings. The first-order valence-corrected chi connectivity index (χ1v) is 9.25. The van der Waals surface area contributed by atoms with Crippen molar-refractivity contribution in [3.05, 3.63) is 71.1 Å². The van der Waals surface area contributed by atoms with Gasteiger partial charge in [-0.05, 0) is 66.6 Å². The van der Waals surface area contributed by atoms with Crippen LogP contribution < -0.4 is 14.8 Å². The zero-order valence-electron chi connectivity index (χ0n) is 14.8. The SMILES string of the molecule is CCOc1ccc(-c2ccc(C(=O)NCc3ccc(OC)cc3)s2)cc1. The topological polar surface area (TPSA) is 47.6 Å². The molecule has 0 saturated carbocycles. The number of thiophene rings is 1. The standard InChI is InChI=1S/C21H21NO3S/c1-3-25-18-10-6-16(7-11-18)19-12-13-20(26-19)21(23)22-14-15-4-8-17(24-2)9-5-15/h4-13H,3,14H2,1-2H3,(H,22,23). The summed E-state index contributed by atoms with van der Waals surface area (Å²) in [5.74, 6) is 1.59. The van der Waals surface area contributed by atoms with Crippen LogP contribution in [0.5, 0.6) is 11.5 Å². The fraction of sp³-hybridized carbons (Fsp3) is 0.190. The molecular weight excluding hydrogens is 346 g/mol. The minimum atomic E-state index is -0.0667. The zero-order chi connectivity index (χ0) is 18.4. The average Bonchev–Trinajstić information content (AvgIpc) is 3.18. The third kappa shape index (κ3) is 4.43. The van der Waals surface area contributed by atoms with Crippen molar-refractivity contribution in [2.24, 2.45) is 0 Å². The van der Waals surface area contributed by atoms with Crippen molar-refractivity contribution in [1.82, 2.24) is 5.32 Å². The largest absolute Gasteiger partial charge is 0.497 e. The number of carbonyl (C=O) groups is 1. The maximum atomic E-state index is 12.4. The maximum absolute atomic E-state index is 12.4. The molecule has 0 unspecified atom stereocenters. The van der Waals surface area contributed by atoms with Gasteiger partial charge in [-0.2, -0.15) is 0 Å². The van der Waals surface area contributed by atoms with E-state index in [0.717, 1.165) is 27.5 Å². The van der Waals surface area contributed by atoms with Gasteiger partial charge < -0.3 is 14.8 Å². The van der Waals surface area contributed by atoms with Crippen LogP contribution >= 0.6 is 11.3 Å². The number of ether oxygens (including phenoxy) is 2. The molecule has 0 spiro atoms. The summed E-state index contributed by atoms with van der Waals surface area (Å²) in [4.78, 5) is 14.1. The molecule has 0 saturated heterocycles. The van der Waals surface area contributed by atoms with Crippen LogP contribution in [0, 0.1) is 0 Å². The number of carbonyl (C=O) groups excluding carboxylic acids is 1. The molecule has 1 N–H and O–H groups in total. The highest BCUT2D eigenvalue weighted by atomic mass is 32.1. The van der Waals surface area contributed by atoms with E-state index in [2.05, 4.69) is 5.32 Å². The average molecular weight is 367 g/mol. The number of rotatable bonds is 7. The Hall–Kier alpha value is -2.79. The van der Waals surface area contributed by atoms with Gasteiger partial charge in [0.05, 0.1) is 18.6 Å². The Bertz CT molecular complexity index is 854. The third-order valence-corrected chi connectivity index (χ3v) is 5.02. The highest BCUT2D eigenvalue weighted by molar-refractivity contribution is 7.17. The van der Waals surface area contributed by atoms with Crippen LogP contribution in [-0.4, -0.2) is 19.6 Å². The lowest BCUT2D eigenvalue weighted by atomic mass is 10.2. The molecule has 3 rings (SSSR count). The Labute approximate surface area is 157 Å². The summed E-state index contributed by atoms with van der Waals surface area (Å²) in [6.45, 7) is 3.10. The van der Waals surface area contributed by atoms with Crippen LogP contribution in [0.4, 0.5) is 0 Å². The fourth-order valence-corrected chi connectivity index (χ4v) is 3.44. The predicted octanol–water partition coefficient (Wildman–Crippen LogP) is 4.75. The van der Waals surface area contributed by atoms with Gasteiger partial charge in [-0.1, -0.05) is 12.1 Å². The van der Waals surface area contributed by atoms with Gasteiger partial charge in [-0.3, -0.25) is 4.79 Å². The van der Waals surface area contributed by atoms with Gasteiger partial charge in [0, 0.05) is 11.4 Å². The Morgan fingerprint density at radius 3 is 2.31 bits per heavy atom. The molecule has 0 radical (unpaired) electrons. The van der Waals surface area contributed by atoms with Crippen molar-refractivity contribution >= 4 is 17.2 Å². The first-order chi connectivity index (χ1) is 12.7. The van der Waals surface area contributed by atoms with Crippen molar-refractivity contribution in [2.75, 3.05) is 13.7 Å². The van der Waals surface area contributed by atoms with E-state index in [1.54, 1.807) is 7.11 Å². The third-order valence-electron chi connectivity index (χ3n) is 3.89. The summed E-state index contributed by atoms with van der Waals surface area (Å²) >= 11 is 1.48. The first-order valence-electron chi connectivity index (χ1n) is 8.44. The molecule has 1 aromatic heterocycles. The highest BCUT2D eigenvalue weighted by Gasteiger charge is 2.10. The van der Waals surface area contributed by atoms with Gasteiger partial charge >= 0.3 is 0 Å². The van der Waals surface area contributed by atoms with Gasteiger partial charge in [0.1, 0.15) is 11.5 Å². The molecule has 2 aromatic carbocycles. The minimum absolute atomic E-state index is 0.0667. The van der Waals surface area contributed by atoms with Crippen LogP contribution in [0.2, 0.25) is 0 Å². The van der Waals surface area contributed by atoms with Gasteiger partial charge in [0.15, 0.2) is 0 Å². The molecule has 3 aromatic rings. The van der Waals surface area contributed by atoms with E-state index in [1.807, 2.05) is 67.6 Å². The van der Waals surface area contributed by atoms with E-state index in [4.69, 9.17) is 9.47 Å². The van der Waals surface area contributed by atoms with Crippen LogP contribution in [0.1, 0.15) is 22.2 Å². The highest BCUT2D eigenvalue weighted by Crippen LogP contribution is 2.29. The Morgan fingerprint density at radius 2 is 1.65 bits per heavy atom. The van der Waals surface area contributed by atoms with Crippen molar-refractivity contribution in [3.63, 3.8) is 0 Å². The van der Waals surface area contributed by atoms with Crippen molar-refractivity contribution in [3.8, 4) is 21.9 Å². The van der Waals surface area contributed by atoms with E-state index >= 15 is 0 Å². The number of hydrogen-bond donors (Lipinski definition) is 1. The second kappa shape index (κ2) is 8.54. The molecule has 0 aliphatic rings. The Kier molecular flexibility index (Phi) is 5.92. The molecule has 0 atom stereocenters. The Morgan fingerprint density at radius 1 is 0.962 bits per heavy atom. The van der Waals surface area contributed by atoms with Crippen LogP contribution in [0.25, 0.3) is 10.4 Å². The normalized spacial score (nSPS) is 10.4. The number of nitrogens with one attached hydrogen (secondary N) is 1. The lowest BCUT2D eigenvalue weighted by Gasteiger charge is -2.05. The van der Waals surface area contributed by atoms with Crippen LogP contribution in [0.15, 0.2) is 60.7 Å². The molecule has 0 aliphatic carbocycles. The summed E-state index contributed by atoms with van der Waals surface area (Å²) in [5.41, 5.74) is 2.11. The predicted molar refractivity (Wildman–Crippen MR) is 105 cm³/mol. The summed E-state index contributed by atoms with van der Waals surface area (Å²) in [6, 6.07) is 19.4. The van der Waals surface area contributed by atoms with Crippen molar-refractivity contribution < 1.29 is 14.3 Å². The van der Waals surface area contributed by atoms with Crippen molar-refractivity contribution in [1.29, 1.82) is 0 Å². The molecule has 1 amide bonds. The van der Waals surface area contributed by atoms with Gasteiger partial charge in [-0.15, -0.1) is 11.3 Å². The molecule has 0 bridgehead atoms. The number of methoxy groups -OCH3 is 1. The van der Waals surface area contributed by atoms with E-state index in [0.29, 0.717) is 18.0 Å². The second-order valence-electron chi connectivity index (χ2n) is 5.65. The first kappa shape index (κ1) is 18.0. The number of amides is 1. The van der Waals surface area contributed by atoms with E-state index in [1.165, 1.54) is 11.3 Å². The van der Waals surface area contributed by atoms with Crippen LogP contribution in [0.3, 0.4) is 0 Å². The summed E-state index contributed by atoms with van der Waals surface area (Å²) in [5, 5.41) is 2.95. The molecule has 0 aliphatic heterocycles.